The standard InChI is InChI=1S/C24H21N3O2/c28-24(19-9-5-2-6-10-19)27(16-18-7-3-1-4-8-18)20-11-12-22-21(15-20)25-23-17-29-14-13-26(22)23/h1-12,15H,13-14,16-17H2. The number of hydrogen-bond acceptors (Lipinski definition) is 3. The first-order valence-corrected chi connectivity index (χ1v) is 9.77. The lowest BCUT2D eigenvalue weighted by molar-refractivity contribution is 0.0830. The molecule has 3 aromatic carbocycles. The van der Waals surface area contributed by atoms with Gasteiger partial charge in [0.15, 0.2) is 0 Å². The highest BCUT2D eigenvalue weighted by atomic mass is 16.5. The number of carbonyl (C=O) groups excluding carboxylic acids is 1. The summed E-state index contributed by atoms with van der Waals surface area (Å²) < 4.78 is 7.73. The molecule has 1 amide bonds. The molecule has 29 heavy (non-hydrogen) atoms. The second-order valence-corrected chi connectivity index (χ2v) is 7.15. The van der Waals surface area contributed by atoms with Crippen molar-refractivity contribution >= 4 is 22.6 Å². The number of aromatic nitrogens is 2. The van der Waals surface area contributed by atoms with Gasteiger partial charge in [0.05, 0.1) is 24.2 Å². The molecule has 5 rings (SSSR count). The summed E-state index contributed by atoms with van der Waals surface area (Å²) in [7, 11) is 0. The van der Waals surface area contributed by atoms with Crippen LogP contribution in [0.4, 0.5) is 5.69 Å². The van der Waals surface area contributed by atoms with Gasteiger partial charge in [0.25, 0.3) is 5.91 Å². The van der Waals surface area contributed by atoms with E-state index in [-0.39, 0.29) is 5.91 Å². The van der Waals surface area contributed by atoms with Crippen molar-refractivity contribution in [3.63, 3.8) is 0 Å². The molecule has 2 heterocycles. The maximum Gasteiger partial charge on any atom is 0.258 e. The number of hydrogen-bond donors (Lipinski definition) is 0. The molecule has 0 atom stereocenters. The molecule has 1 aliphatic heterocycles. The van der Waals surface area contributed by atoms with Crippen molar-refractivity contribution in [1.82, 2.24) is 9.55 Å². The van der Waals surface area contributed by atoms with Gasteiger partial charge in [0.1, 0.15) is 12.4 Å². The largest absolute Gasteiger partial charge is 0.372 e. The van der Waals surface area contributed by atoms with E-state index in [1.54, 1.807) is 0 Å². The molecule has 0 spiro atoms. The van der Waals surface area contributed by atoms with Gasteiger partial charge in [-0.1, -0.05) is 48.5 Å². The normalized spacial score (nSPS) is 13.2. The minimum absolute atomic E-state index is 0.0268. The van der Waals surface area contributed by atoms with Gasteiger partial charge >= 0.3 is 0 Å². The van der Waals surface area contributed by atoms with Crippen LogP contribution in [0.15, 0.2) is 78.9 Å². The van der Waals surface area contributed by atoms with Gasteiger partial charge in [-0.3, -0.25) is 4.79 Å². The number of nitrogens with zero attached hydrogens (tertiary/aromatic N) is 3. The van der Waals surface area contributed by atoms with E-state index in [1.165, 1.54) is 0 Å². The second kappa shape index (κ2) is 7.53. The lowest BCUT2D eigenvalue weighted by atomic mass is 10.1. The van der Waals surface area contributed by atoms with E-state index < -0.39 is 0 Å². The molecule has 0 saturated heterocycles. The highest BCUT2D eigenvalue weighted by Gasteiger charge is 2.21. The van der Waals surface area contributed by atoms with Crippen molar-refractivity contribution in [2.75, 3.05) is 11.5 Å². The summed E-state index contributed by atoms with van der Waals surface area (Å²) in [6.07, 6.45) is 0. The molecule has 1 aromatic heterocycles. The van der Waals surface area contributed by atoms with Crippen molar-refractivity contribution in [2.45, 2.75) is 19.7 Å². The summed E-state index contributed by atoms with van der Waals surface area (Å²) >= 11 is 0. The van der Waals surface area contributed by atoms with Crippen LogP contribution < -0.4 is 4.90 Å². The molecule has 0 fully saturated rings. The summed E-state index contributed by atoms with van der Waals surface area (Å²) in [5.74, 6) is 0.911. The molecule has 5 heteroatoms. The summed E-state index contributed by atoms with van der Waals surface area (Å²) in [6, 6.07) is 25.5. The van der Waals surface area contributed by atoms with E-state index >= 15 is 0 Å². The Kier molecular flexibility index (Phi) is 4.58. The maximum atomic E-state index is 13.4. The monoisotopic (exact) mass is 383 g/mol. The summed E-state index contributed by atoms with van der Waals surface area (Å²) in [6.45, 7) is 2.53. The number of imidazole rings is 1. The van der Waals surface area contributed by atoms with Gasteiger partial charge in [0, 0.05) is 17.8 Å². The van der Waals surface area contributed by atoms with E-state index in [1.807, 2.05) is 77.7 Å². The van der Waals surface area contributed by atoms with Crippen molar-refractivity contribution in [2.24, 2.45) is 0 Å². The summed E-state index contributed by atoms with van der Waals surface area (Å²) in [5, 5.41) is 0. The number of rotatable bonds is 4. The Labute approximate surface area is 169 Å². The third-order valence-corrected chi connectivity index (χ3v) is 5.26. The van der Waals surface area contributed by atoms with Crippen molar-refractivity contribution < 1.29 is 9.53 Å². The van der Waals surface area contributed by atoms with Gasteiger partial charge in [-0.15, -0.1) is 0 Å². The number of anilines is 1. The van der Waals surface area contributed by atoms with E-state index in [2.05, 4.69) is 10.6 Å². The van der Waals surface area contributed by atoms with Crippen LogP contribution in [0.25, 0.3) is 11.0 Å². The molecule has 4 aromatic rings. The number of ether oxygens (including phenoxy) is 1. The van der Waals surface area contributed by atoms with Gasteiger partial charge in [-0.25, -0.2) is 4.98 Å². The van der Waals surface area contributed by atoms with Gasteiger partial charge < -0.3 is 14.2 Å². The lowest BCUT2D eigenvalue weighted by Gasteiger charge is -2.23. The Morgan fingerprint density at radius 1 is 1.00 bits per heavy atom. The van der Waals surface area contributed by atoms with Crippen LogP contribution in [0, 0.1) is 0 Å². The number of fused-ring (bicyclic) bond motifs is 3. The highest BCUT2D eigenvalue weighted by Crippen LogP contribution is 2.27. The molecular formula is C24H21N3O2. The fourth-order valence-electron chi connectivity index (χ4n) is 3.80. The van der Waals surface area contributed by atoms with Crippen LogP contribution in [-0.2, 0) is 24.4 Å². The smallest absolute Gasteiger partial charge is 0.258 e. The molecule has 1 aliphatic rings. The predicted octanol–water partition coefficient (Wildman–Crippen LogP) is 4.41. The number of benzene rings is 3. The van der Waals surface area contributed by atoms with Gasteiger partial charge in [-0.05, 0) is 35.9 Å². The summed E-state index contributed by atoms with van der Waals surface area (Å²) in [5.41, 5.74) is 4.56. The van der Waals surface area contributed by atoms with Crippen LogP contribution >= 0.6 is 0 Å². The average Bonchev–Trinajstić information content (AvgIpc) is 3.16. The first-order chi connectivity index (χ1) is 14.3. The van der Waals surface area contributed by atoms with Crippen LogP contribution in [0.1, 0.15) is 21.7 Å². The third kappa shape index (κ3) is 3.41. The predicted molar refractivity (Wildman–Crippen MR) is 113 cm³/mol. The molecule has 0 N–H and O–H groups in total. The van der Waals surface area contributed by atoms with E-state index in [0.29, 0.717) is 25.3 Å². The Bertz CT molecular complexity index is 1150. The van der Waals surface area contributed by atoms with Gasteiger partial charge in [0.2, 0.25) is 0 Å². The zero-order valence-corrected chi connectivity index (χ0v) is 16.0. The lowest BCUT2D eigenvalue weighted by Crippen LogP contribution is -2.30. The molecule has 0 aliphatic carbocycles. The molecule has 0 bridgehead atoms. The van der Waals surface area contributed by atoms with Crippen molar-refractivity contribution in [3.8, 4) is 0 Å². The number of amides is 1. The molecule has 0 radical (unpaired) electrons. The Morgan fingerprint density at radius 3 is 2.55 bits per heavy atom. The van der Waals surface area contributed by atoms with E-state index in [0.717, 1.165) is 34.7 Å². The Hall–Kier alpha value is -3.44. The first-order valence-electron chi connectivity index (χ1n) is 9.77. The molecule has 0 unspecified atom stereocenters. The van der Waals surface area contributed by atoms with E-state index in [4.69, 9.17) is 9.72 Å². The zero-order chi connectivity index (χ0) is 19.6. The van der Waals surface area contributed by atoms with Crippen molar-refractivity contribution in [3.05, 3.63) is 95.8 Å². The van der Waals surface area contributed by atoms with Crippen LogP contribution in [0.3, 0.4) is 0 Å². The third-order valence-electron chi connectivity index (χ3n) is 5.26. The molecule has 144 valence electrons. The van der Waals surface area contributed by atoms with Crippen LogP contribution in [0.5, 0.6) is 0 Å². The molecular weight excluding hydrogens is 362 g/mol. The fraction of sp³-hybridized carbons (Fsp3) is 0.167. The zero-order valence-electron chi connectivity index (χ0n) is 16.0. The average molecular weight is 383 g/mol. The first kappa shape index (κ1) is 17.6. The molecule has 5 nitrogen and oxygen atoms in total. The SMILES string of the molecule is O=C(c1ccccc1)N(Cc1ccccc1)c1ccc2c(c1)nc1n2CCOC1. The number of carbonyl (C=O) groups is 1. The quantitative estimate of drug-likeness (QED) is 0.524. The van der Waals surface area contributed by atoms with Crippen molar-refractivity contribution in [1.29, 1.82) is 0 Å². The maximum absolute atomic E-state index is 13.4. The fourth-order valence-corrected chi connectivity index (χ4v) is 3.80. The highest BCUT2D eigenvalue weighted by molar-refractivity contribution is 6.06. The summed E-state index contributed by atoms with van der Waals surface area (Å²) in [4.78, 5) is 19.9. The van der Waals surface area contributed by atoms with Crippen LogP contribution in [-0.4, -0.2) is 22.1 Å². The Morgan fingerprint density at radius 2 is 1.76 bits per heavy atom. The Balaban J connectivity index is 1.57. The minimum Gasteiger partial charge on any atom is -0.372 e. The second-order valence-electron chi connectivity index (χ2n) is 7.15. The topological polar surface area (TPSA) is 47.4 Å². The van der Waals surface area contributed by atoms with Crippen LogP contribution in [0.2, 0.25) is 0 Å². The van der Waals surface area contributed by atoms with Gasteiger partial charge in [-0.2, -0.15) is 0 Å². The minimum atomic E-state index is -0.0268. The van der Waals surface area contributed by atoms with E-state index in [9.17, 15) is 4.79 Å². The molecule has 0 saturated carbocycles.